The van der Waals surface area contributed by atoms with Gasteiger partial charge in [-0.25, -0.2) is 0 Å². The smallest absolute Gasteiger partial charge is 0.0890 e. The minimum atomic E-state index is 0.443. The summed E-state index contributed by atoms with van der Waals surface area (Å²) >= 11 is 4.24. The number of hydrogen-bond acceptors (Lipinski definition) is 3. The van der Waals surface area contributed by atoms with Crippen molar-refractivity contribution >= 4 is 23.5 Å². The van der Waals surface area contributed by atoms with Crippen LogP contribution in [0, 0.1) is 0 Å². The van der Waals surface area contributed by atoms with E-state index in [1.807, 2.05) is 0 Å². The second kappa shape index (κ2) is 3.19. The Morgan fingerprint density at radius 2 is 2.09 bits per heavy atom. The van der Waals surface area contributed by atoms with Crippen LogP contribution in [0.25, 0.3) is 0 Å². The van der Waals surface area contributed by atoms with E-state index in [9.17, 15) is 0 Å². The Morgan fingerprint density at radius 1 is 1.36 bits per heavy atom. The number of ether oxygens (including phenoxy) is 1. The molecule has 0 aromatic heterocycles. The third-order valence-corrected chi connectivity index (χ3v) is 6.16. The van der Waals surface area contributed by atoms with Gasteiger partial charge in [0.05, 0.1) is 10.2 Å². The lowest BCUT2D eigenvalue weighted by atomic mass is 10.2. The van der Waals surface area contributed by atoms with Crippen molar-refractivity contribution in [2.45, 2.75) is 29.9 Å². The lowest BCUT2D eigenvalue weighted by molar-refractivity contribution is 0.124. The zero-order chi connectivity index (χ0) is 7.73. The van der Waals surface area contributed by atoms with E-state index < -0.39 is 0 Å². The molecule has 2 aliphatic heterocycles. The topological polar surface area (TPSA) is 9.23 Å². The molecule has 2 fully saturated rings. The normalized spacial score (nSPS) is 36.3. The van der Waals surface area contributed by atoms with Crippen molar-refractivity contribution in [3.63, 3.8) is 0 Å². The first-order valence-corrected chi connectivity index (χ1v) is 6.20. The number of hydrogen-bond donors (Lipinski definition) is 0. The predicted octanol–water partition coefficient (Wildman–Crippen LogP) is 2.36. The standard InChI is InChI=1S/C8H14OS2/c1-7-8(3-4-9-7)10-5-2-6-11-8/h7H,2-6H2,1H3. The zero-order valence-electron chi connectivity index (χ0n) is 6.84. The van der Waals surface area contributed by atoms with Crippen molar-refractivity contribution in [1.82, 2.24) is 0 Å². The molecule has 0 aliphatic carbocycles. The van der Waals surface area contributed by atoms with Crippen LogP contribution in [0.4, 0.5) is 0 Å². The van der Waals surface area contributed by atoms with Gasteiger partial charge in [-0.2, -0.15) is 0 Å². The van der Waals surface area contributed by atoms with Gasteiger partial charge in [0.2, 0.25) is 0 Å². The van der Waals surface area contributed by atoms with E-state index >= 15 is 0 Å². The van der Waals surface area contributed by atoms with Crippen molar-refractivity contribution in [3.8, 4) is 0 Å². The maximum absolute atomic E-state index is 5.60. The van der Waals surface area contributed by atoms with E-state index in [1.165, 1.54) is 24.3 Å². The van der Waals surface area contributed by atoms with Crippen LogP contribution in [0.15, 0.2) is 0 Å². The Kier molecular flexibility index (Phi) is 2.40. The Balaban J connectivity index is 2.06. The highest BCUT2D eigenvalue weighted by molar-refractivity contribution is 8.18. The molecule has 11 heavy (non-hydrogen) atoms. The van der Waals surface area contributed by atoms with Gasteiger partial charge in [0.15, 0.2) is 0 Å². The summed E-state index contributed by atoms with van der Waals surface area (Å²) in [7, 11) is 0. The molecule has 64 valence electrons. The van der Waals surface area contributed by atoms with E-state index in [-0.39, 0.29) is 0 Å². The van der Waals surface area contributed by atoms with E-state index in [1.54, 1.807) is 0 Å². The average molecular weight is 190 g/mol. The van der Waals surface area contributed by atoms with Crippen LogP contribution in [0.1, 0.15) is 19.8 Å². The summed E-state index contributed by atoms with van der Waals surface area (Å²) in [6, 6.07) is 0. The maximum Gasteiger partial charge on any atom is 0.0890 e. The predicted molar refractivity (Wildman–Crippen MR) is 52.3 cm³/mol. The first-order valence-electron chi connectivity index (χ1n) is 4.23. The van der Waals surface area contributed by atoms with Crippen molar-refractivity contribution in [3.05, 3.63) is 0 Å². The van der Waals surface area contributed by atoms with E-state index in [0.29, 0.717) is 10.2 Å². The minimum Gasteiger partial charge on any atom is -0.376 e. The first-order chi connectivity index (χ1) is 5.33. The van der Waals surface area contributed by atoms with Crippen LogP contribution in [0.3, 0.4) is 0 Å². The van der Waals surface area contributed by atoms with Gasteiger partial charge in [0, 0.05) is 6.61 Å². The molecule has 0 N–H and O–H groups in total. The van der Waals surface area contributed by atoms with Gasteiger partial charge in [-0.15, -0.1) is 23.5 Å². The van der Waals surface area contributed by atoms with Gasteiger partial charge in [0.25, 0.3) is 0 Å². The largest absolute Gasteiger partial charge is 0.376 e. The highest BCUT2D eigenvalue weighted by atomic mass is 32.2. The van der Waals surface area contributed by atoms with Gasteiger partial charge in [-0.1, -0.05) is 0 Å². The minimum absolute atomic E-state index is 0.443. The van der Waals surface area contributed by atoms with Crippen molar-refractivity contribution < 1.29 is 4.74 Å². The highest BCUT2D eigenvalue weighted by Gasteiger charge is 2.43. The molecule has 0 aromatic carbocycles. The monoisotopic (exact) mass is 190 g/mol. The maximum atomic E-state index is 5.60. The Hall–Kier alpha value is 0.660. The average Bonchev–Trinajstić information content (AvgIpc) is 2.36. The molecule has 2 aliphatic rings. The van der Waals surface area contributed by atoms with Gasteiger partial charge >= 0.3 is 0 Å². The third-order valence-electron chi connectivity index (χ3n) is 2.42. The fraction of sp³-hybridized carbons (Fsp3) is 1.00. The van der Waals surface area contributed by atoms with Gasteiger partial charge < -0.3 is 4.74 Å². The molecule has 0 aromatic rings. The first kappa shape index (κ1) is 8.27. The second-order valence-electron chi connectivity index (χ2n) is 3.13. The van der Waals surface area contributed by atoms with Crippen molar-refractivity contribution in [1.29, 1.82) is 0 Å². The molecule has 2 saturated heterocycles. The lowest BCUT2D eigenvalue weighted by Crippen LogP contribution is -2.32. The third kappa shape index (κ3) is 1.43. The van der Waals surface area contributed by atoms with Crippen LogP contribution >= 0.6 is 23.5 Å². The van der Waals surface area contributed by atoms with Crippen LogP contribution in [0.2, 0.25) is 0 Å². The molecule has 1 unspecified atom stereocenters. The quantitative estimate of drug-likeness (QED) is 0.580. The van der Waals surface area contributed by atoms with Gasteiger partial charge in [0.1, 0.15) is 0 Å². The fourth-order valence-corrected chi connectivity index (χ4v) is 5.02. The summed E-state index contributed by atoms with van der Waals surface area (Å²) in [5.41, 5.74) is 0. The molecular weight excluding hydrogens is 176 g/mol. The summed E-state index contributed by atoms with van der Waals surface area (Å²) in [5.74, 6) is 2.67. The Bertz CT molecular complexity index is 143. The lowest BCUT2D eigenvalue weighted by Gasteiger charge is -2.34. The van der Waals surface area contributed by atoms with Gasteiger partial charge in [-0.3, -0.25) is 0 Å². The summed E-state index contributed by atoms with van der Waals surface area (Å²) in [4.78, 5) is 0. The zero-order valence-corrected chi connectivity index (χ0v) is 8.47. The van der Waals surface area contributed by atoms with E-state index in [0.717, 1.165) is 6.61 Å². The molecule has 1 nitrogen and oxygen atoms in total. The SMILES string of the molecule is CC1OCCC12SCCCS2. The molecule has 0 radical (unpaired) electrons. The molecule has 0 bridgehead atoms. The fourth-order valence-electron chi connectivity index (χ4n) is 1.68. The van der Waals surface area contributed by atoms with Crippen molar-refractivity contribution in [2.24, 2.45) is 0 Å². The van der Waals surface area contributed by atoms with Gasteiger partial charge in [-0.05, 0) is 31.3 Å². The number of rotatable bonds is 0. The molecule has 0 amide bonds. The molecule has 2 rings (SSSR count). The number of thioether (sulfide) groups is 2. The molecule has 3 heteroatoms. The molecule has 2 heterocycles. The summed E-state index contributed by atoms with van der Waals surface area (Å²) in [6.07, 6.45) is 3.10. The Morgan fingerprint density at radius 3 is 2.64 bits per heavy atom. The van der Waals surface area contributed by atoms with Crippen LogP contribution in [-0.2, 0) is 4.74 Å². The highest BCUT2D eigenvalue weighted by Crippen LogP contribution is 2.50. The van der Waals surface area contributed by atoms with Crippen LogP contribution < -0.4 is 0 Å². The summed E-state index contributed by atoms with van der Waals surface area (Å²) in [5, 5.41) is 0. The second-order valence-corrected chi connectivity index (χ2v) is 6.23. The molecule has 0 saturated carbocycles. The Labute approximate surface area is 76.6 Å². The molecule has 1 spiro atoms. The van der Waals surface area contributed by atoms with E-state index in [2.05, 4.69) is 30.4 Å². The molecule has 1 atom stereocenters. The van der Waals surface area contributed by atoms with Crippen LogP contribution in [-0.4, -0.2) is 28.3 Å². The molecular formula is C8H14OS2. The van der Waals surface area contributed by atoms with E-state index in [4.69, 9.17) is 4.74 Å². The van der Waals surface area contributed by atoms with Crippen molar-refractivity contribution in [2.75, 3.05) is 18.1 Å². The van der Waals surface area contributed by atoms with Crippen LogP contribution in [0.5, 0.6) is 0 Å². The summed E-state index contributed by atoms with van der Waals surface area (Å²) < 4.78 is 6.05. The summed E-state index contributed by atoms with van der Waals surface area (Å²) in [6.45, 7) is 3.19.